The summed E-state index contributed by atoms with van der Waals surface area (Å²) in [5, 5.41) is 10.3. The number of benzene rings is 9. The van der Waals surface area contributed by atoms with Crippen LogP contribution in [0.15, 0.2) is 194 Å². The Labute approximate surface area is 331 Å². The van der Waals surface area contributed by atoms with E-state index in [4.69, 9.17) is 0 Å². The van der Waals surface area contributed by atoms with Gasteiger partial charge in [-0.3, -0.25) is 0 Å². The molecule has 3 heterocycles. The first-order valence-electron chi connectivity index (χ1n) is 19.0. The molecule has 2 nitrogen and oxygen atoms in total. The van der Waals surface area contributed by atoms with Crippen LogP contribution in [0.4, 0.5) is 17.1 Å². The quantitative estimate of drug-likeness (QED) is 0.170. The Hall–Kier alpha value is -6.72. The summed E-state index contributed by atoms with van der Waals surface area (Å²) in [5.74, 6) is 0. The number of para-hydroxylation sites is 1. The lowest BCUT2D eigenvalue weighted by Gasteiger charge is -2.26. The van der Waals surface area contributed by atoms with Crippen LogP contribution < -0.4 is 4.90 Å². The Morgan fingerprint density at radius 2 is 1.00 bits per heavy atom. The third-order valence-electron chi connectivity index (χ3n) is 11.3. The minimum atomic E-state index is 1.13. The van der Waals surface area contributed by atoms with Crippen molar-refractivity contribution < 1.29 is 0 Å². The maximum Gasteiger partial charge on any atom is 0.0640 e. The van der Waals surface area contributed by atoms with Gasteiger partial charge in [0.05, 0.1) is 21.4 Å². The smallest absolute Gasteiger partial charge is 0.0640 e. The molecule has 0 saturated carbocycles. The zero-order valence-electron chi connectivity index (χ0n) is 30.2. The number of thiophene rings is 2. The van der Waals surface area contributed by atoms with Gasteiger partial charge in [0, 0.05) is 63.5 Å². The third kappa shape index (κ3) is 4.86. The predicted octanol–water partition coefficient (Wildman–Crippen LogP) is 15.8. The molecule has 0 amide bonds. The van der Waals surface area contributed by atoms with Gasteiger partial charge in [0.25, 0.3) is 0 Å². The van der Waals surface area contributed by atoms with Gasteiger partial charge in [-0.25, -0.2) is 0 Å². The van der Waals surface area contributed by atoms with Crippen molar-refractivity contribution in [2.24, 2.45) is 0 Å². The Bertz CT molecular complexity index is 3490. The number of fused-ring (bicyclic) bond motifs is 10. The zero-order chi connectivity index (χ0) is 36.7. The van der Waals surface area contributed by atoms with Crippen LogP contribution in [-0.4, -0.2) is 4.57 Å². The van der Waals surface area contributed by atoms with E-state index in [-0.39, 0.29) is 0 Å². The highest BCUT2D eigenvalue weighted by Crippen LogP contribution is 2.46. The Morgan fingerprint density at radius 1 is 0.357 bits per heavy atom. The van der Waals surface area contributed by atoms with Crippen LogP contribution >= 0.6 is 22.7 Å². The lowest BCUT2D eigenvalue weighted by Crippen LogP contribution is -2.10. The average molecular weight is 749 g/mol. The number of hydrogen-bond donors (Lipinski definition) is 0. The Kier molecular flexibility index (Phi) is 7.00. The van der Waals surface area contributed by atoms with Gasteiger partial charge in [0.1, 0.15) is 0 Å². The molecule has 0 N–H and O–H groups in total. The maximum atomic E-state index is 2.45. The molecule has 0 spiro atoms. The summed E-state index contributed by atoms with van der Waals surface area (Å²) in [6, 6.07) is 71.5. The van der Waals surface area contributed by atoms with Crippen LogP contribution in [-0.2, 0) is 0 Å². The molecule has 262 valence electrons. The molecule has 12 aromatic rings. The van der Waals surface area contributed by atoms with Crippen LogP contribution in [0.5, 0.6) is 0 Å². The molecule has 3 aromatic heterocycles. The molecule has 9 aromatic carbocycles. The molecular formula is C52H32N2S2. The summed E-state index contributed by atoms with van der Waals surface area (Å²) in [6.45, 7) is 0. The molecule has 0 radical (unpaired) electrons. The van der Waals surface area contributed by atoms with Gasteiger partial charge in [-0.15, -0.1) is 22.7 Å². The van der Waals surface area contributed by atoms with Gasteiger partial charge in [-0.2, -0.15) is 0 Å². The second-order valence-electron chi connectivity index (χ2n) is 14.5. The number of rotatable bonds is 5. The lowest BCUT2D eigenvalue weighted by atomic mass is 10.0. The molecule has 0 aliphatic rings. The highest BCUT2D eigenvalue weighted by molar-refractivity contribution is 7.26. The van der Waals surface area contributed by atoms with Crippen LogP contribution in [0.25, 0.3) is 89.7 Å². The van der Waals surface area contributed by atoms with Crippen molar-refractivity contribution in [3.8, 4) is 16.8 Å². The fourth-order valence-electron chi connectivity index (χ4n) is 8.75. The lowest BCUT2D eigenvalue weighted by molar-refractivity contribution is 1.18. The molecule has 0 aliphatic heterocycles. The molecule has 0 atom stereocenters. The summed E-state index contributed by atoms with van der Waals surface area (Å²) < 4.78 is 7.65. The molecule has 0 fully saturated rings. The van der Waals surface area contributed by atoms with E-state index in [1.807, 2.05) is 22.7 Å². The summed E-state index contributed by atoms with van der Waals surface area (Å²) in [7, 11) is 0. The SMILES string of the molecule is c1cc(-c2ccc(N(c3ccc4sc5ccccc5c4c3)c3cccc4c3sc3ccccc34)cc2)cc(-n2c3ccccc3c3cc4ccccc4cc32)c1. The fraction of sp³-hybridized carbons (Fsp3) is 0. The van der Waals surface area contributed by atoms with Crippen molar-refractivity contribution in [2.75, 3.05) is 4.90 Å². The average Bonchev–Trinajstić information content (AvgIpc) is 3.93. The number of hydrogen-bond acceptors (Lipinski definition) is 3. The monoisotopic (exact) mass is 748 g/mol. The molecular weight excluding hydrogens is 717 g/mol. The van der Waals surface area contributed by atoms with E-state index in [2.05, 4.69) is 204 Å². The Morgan fingerprint density at radius 3 is 1.84 bits per heavy atom. The molecule has 4 heteroatoms. The molecule has 0 bridgehead atoms. The topological polar surface area (TPSA) is 8.17 Å². The maximum absolute atomic E-state index is 2.45. The summed E-state index contributed by atoms with van der Waals surface area (Å²) in [4.78, 5) is 2.45. The van der Waals surface area contributed by atoms with Crippen LogP contribution in [0.3, 0.4) is 0 Å². The number of aromatic nitrogens is 1. The van der Waals surface area contributed by atoms with Gasteiger partial charge >= 0.3 is 0 Å². The standard InChI is InChI=1S/C52H32N2S2/c1-2-12-36-31-48-44(30-35(36)11-1)40-15-3-6-19-46(40)54(48)38-14-9-13-34(29-38)33-23-25-37(26-24-33)53(39-27-28-51-45(32-39)42-17-5-7-21-49(42)55-51)47-20-10-18-43-41-16-4-8-22-50(41)56-52(43)47/h1-32H. The van der Waals surface area contributed by atoms with Crippen LogP contribution in [0.2, 0.25) is 0 Å². The van der Waals surface area contributed by atoms with Gasteiger partial charge in [-0.05, 0) is 101 Å². The van der Waals surface area contributed by atoms with Gasteiger partial charge in [-0.1, -0.05) is 115 Å². The first-order chi connectivity index (χ1) is 27.7. The molecule has 0 aliphatic carbocycles. The number of anilines is 3. The molecule has 0 saturated heterocycles. The van der Waals surface area contributed by atoms with Gasteiger partial charge in [0.2, 0.25) is 0 Å². The van der Waals surface area contributed by atoms with Crippen molar-refractivity contribution >= 4 is 113 Å². The minimum absolute atomic E-state index is 1.13. The molecule has 0 unspecified atom stereocenters. The summed E-state index contributed by atoms with van der Waals surface area (Å²) in [5.41, 5.74) is 9.43. The highest BCUT2D eigenvalue weighted by Gasteiger charge is 2.20. The van der Waals surface area contributed by atoms with E-state index in [9.17, 15) is 0 Å². The van der Waals surface area contributed by atoms with Crippen molar-refractivity contribution in [3.05, 3.63) is 194 Å². The largest absolute Gasteiger partial charge is 0.309 e. The van der Waals surface area contributed by atoms with Crippen LogP contribution in [0, 0.1) is 0 Å². The number of nitrogens with zero attached hydrogens (tertiary/aromatic N) is 2. The normalized spacial score (nSPS) is 11.9. The first-order valence-corrected chi connectivity index (χ1v) is 20.6. The van der Waals surface area contributed by atoms with Gasteiger partial charge < -0.3 is 9.47 Å². The summed E-state index contributed by atoms with van der Waals surface area (Å²) >= 11 is 3.74. The van der Waals surface area contributed by atoms with E-state index >= 15 is 0 Å². The second-order valence-corrected chi connectivity index (χ2v) is 16.7. The van der Waals surface area contributed by atoms with Crippen molar-refractivity contribution in [1.29, 1.82) is 0 Å². The minimum Gasteiger partial charge on any atom is -0.309 e. The van der Waals surface area contributed by atoms with E-state index in [1.54, 1.807) is 0 Å². The third-order valence-corrected chi connectivity index (χ3v) is 13.7. The van der Waals surface area contributed by atoms with Gasteiger partial charge in [0.15, 0.2) is 0 Å². The first kappa shape index (κ1) is 31.6. The van der Waals surface area contributed by atoms with Crippen molar-refractivity contribution in [3.63, 3.8) is 0 Å². The molecule has 56 heavy (non-hydrogen) atoms. The van der Waals surface area contributed by atoms with Crippen LogP contribution in [0.1, 0.15) is 0 Å². The predicted molar refractivity (Wildman–Crippen MR) is 244 cm³/mol. The van der Waals surface area contributed by atoms with Crippen molar-refractivity contribution in [2.45, 2.75) is 0 Å². The Balaban J connectivity index is 1.01. The van der Waals surface area contributed by atoms with E-state index in [0.29, 0.717) is 0 Å². The van der Waals surface area contributed by atoms with E-state index in [0.717, 1.165) is 17.1 Å². The summed E-state index contributed by atoms with van der Waals surface area (Å²) in [6.07, 6.45) is 0. The molecule has 12 rings (SSSR count). The van der Waals surface area contributed by atoms with Crippen molar-refractivity contribution in [1.82, 2.24) is 4.57 Å². The second kappa shape index (κ2) is 12.4. The van der Waals surface area contributed by atoms with E-state index < -0.39 is 0 Å². The fourth-order valence-corrected chi connectivity index (χ4v) is 11.0. The highest BCUT2D eigenvalue weighted by atomic mass is 32.1. The zero-order valence-corrected chi connectivity index (χ0v) is 31.8. The van der Waals surface area contributed by atoms with E-state index in [1.165, 1.54) is 89.7 Å².